The van der Waals surface area contributed by atoms with Gasteiger partial charge in [-0.2, -0.15) is 0 Å². The lowest BCUT2D eigenvalue weighted by Gasteiger charge is -2.22. The molecule has 4 nitrogen and oxygen atoms in total. The number of benzene rings is 2. The van der Waals surface area contributed by atoms with Crippen molar-refractivity contribution in [3.05, 3.63) is 64.1 Å². The molecule has 1 heterocycles. The number of carbonyl (C=O) groups is 1. The van der Waals surface area contributed by atoms with Crippen LogP contribution in [0.4, 0.5) is 0 Å². The number of carbonyl (C=O) groups excluding carboxylic acids is 1. The highest BCUT2D eigenvalue weighted by atomic mass is 32.2. The zero-order valence-electron chi connectivity index (χ0n) is 17.0. The summed E-state index contributed by atoms with van der Waals surface area (Å²) in [4.78, 5) is 12.4. The molecule has 0 radical (unpaired) electrons. The van der Waals surface area contributed by atoms with Gasteiger partial charge in [0.15, 0.2) is 11.5 Å². The molecule has 2 aromatic rings. The summed E-state index contributed by atoms with van der Waals surface area (Å²) < 4.78 is 12.0. The summed E-state index contributed by atoms with van der Waals surface area (Å²) in [5, 5.41) is 2.62. The van der Waals surface area contributed by atoms with Gasteiger partial charge in [0.25, 0.3) is 5.91 Å². The largest absolute Gasteiger partial charge is 0.493 e. The van der Waals surface area contributed by atoms with Crippen LogP contribution in [0.15, 0.2) is 47.4 Å². The van der Waals surface area contributed by atoms with Crippen molar-refractivity contribution in [3.63, 3.8) is 0 Å². The van der Waals surface area contributed by atoms with Crippen molar-refractivity contribution in [2.45, 2.75) is 44.6 Å². The summed E-state index contributed by atoms with van der Waals surface area (Å²) >= 11 is 6.29. The molecule has 0 atom stereocenters. The van der Waals surface area contributed by atoms with Crippen LogP contribution in [-0.4, -0.2) is 17.3 Å². The Bertz CT molecular complexity index is 963. The average Bonchev–Trinajstić information content (AvgIpc) is 3.10. The third-order valence-electron chi connectivity index (χ3n) is 5.58. The molecule has 0 bridgehead atoms. The predicted octanol–water partition coefficient (Wildman–Crippen LogP) is 5.81. The summed E-state index contributed by atoms with van der Waals surface area (Å²) in [6.07, 6.45) is 8.48. The Labute approximate surface area is 187 Å². The van der Waals surface area contributed by atoms with Crippen molar-refractivity contribution in [1.82, 2.24) is 5.32 Å². The summed E-state index contributed by atoms with van der Waals surface area (Å²) in [6.45, 7) is 0.480. The molecule has 2 aromatic carbocycles. The maximum atomic E-state index is 11.9. The van der Waals surface area contributed by atoms with E-state index in [1.165, 1.54) is 49.4 Å². The second-order valence-electron chi connectivity index (χ2n) is 7.63. The molecular weight excluding hydrogens is 414 g/mol. The van der Waals surface area contributed by atoms with Crippen molar-refractivity contribution in [3.8, 4) is 11.5 Å². The fraction of sp³-hybridized carbons (Fsp3) is 0.333. The molecule has 0 spiro atoms. The van der Waals surface area contributed by atoms with E-state index in [1.807, 2.05) is 18.2 Å². The fourth-order valence-electron chi connectivity index (χ4n) is 3.95. The summed E-state index contributed by atoms with van der Waals surface area (Å²) in [5.41, 5.74) is 3.44. The molecule has 4 rings (SSSR count). The van der Waals surface area contributed by atoms with Crippen LogP contribution in [0.1, 0.15) is 54.7 Å². The highest BCUT2D eigenvalue weighted by molar-refractivity contribution is 8.26. The maximum Gasteiger partial charge on any atom is 0.263 e. The molecule has 0 unspecified atom stereocenters. The van der Waals surface area contributed by atoms with Crippen LogP contribution in [0.5, 0.6) is 11.5 Å². The second-order valence-corrected chi connectivity index (χ2v) is 9.35. The van der Waals surface area contributed by atoms with Crippen molar-refractivity contribution in [2.75, 3.05) is 7.11 Å². The van der Waals surface area contributed by atoms with E-state index in [-0.39, 0.29) is 5.91 Å². The number of nitrogens with one attached hydrogen (secondary N) is 1. The number of methoxy groups -OCH3 is 1. The number of rotatable bonds is 6. The van der Waals surface area contributed by atoms with Crippen LogP contribution >= 0.6 is 24.0 Å². The van der Waals surface area contributed by atoms with E-state index in [1.54, 1.807) is 13.2 Å². The van der Waals surface area contributed by atoms with E-state index >= 15 is 0 Å². The zero-order valence-corrected chi connectivity index (χ0v) is 18.6. The highest BCUT2D eigenvalue weighted by Gasteiger charge is 2.22. The Kier molecular flexibility index (Phi) is 6.75. The molecular formula is C24H25NO3S2. The number of hydrogen-bond donors (Lipinski definition) is 1. The lowest BCUT2D eigenvalue weighted by atomic mass is 9.84. The Hall–Kier alpha value is -2.31. The number of thiocarbonyl (C=S) groups is 1. The quantitative estimate of drug-likeness (QED) is 0.455. The minimum absolute atomic E-state index is 0.166. The summed E-state index contributed by atoms with van der Waals surface area (Å²) in [7, 11) is 1.62. The molecule has 0 aromatic heterocycles. The number of thioether (sulfide) groups is 1. The molecule has 1 aliphatic carbocycles. The molecule has 156 valence electrons. The van der Waals surface area contributed by atoms with Gasteiger partial charge < -0.3 is 14.8 Å². The molecule has 1 aliphatic heterocycles. The molecule has 1 amide bonds. The first-order chi connectivity index (χ1) is 14.6. The number of amides is 1. The van der Waals surface area contributed by atoms with Crippen molar-refractivity contribution >= 4 is 40.3 Å². The van der Waals surface area contributed by atoms with Gasteiger partial charge in [-0.15, -0.1) is 0 Å². The molecule has 1 N–H and O–H groups in total. The second kappa shape index (κ2) is 9.67. The van der Waals surface area contributed by atoms with E-state index in [0.717, 1.165) is 11.1 Å². The van der Waals surface area contributed by atoms with Gasteiger partial charge in [0.2, 0.25) is 0 Å². The maximum absolute atomic E-state index is 11.9. The first-order valence-electron chi connectivity index (χ1n) is 10.3. The van der Waals surface area contributed by atoms with Crippen LogP contribution in [0.25, 0.3) is 6.08 Å². The fourth-order valence-corrected chi connectivity index (χ4v) is 4.99. The normalized spacial score (nSPS) is 18.5. The predicted molar refractivity (Wildman–Crippen MR) is 126 cm³/mol. The topological polar surface area (TPSA) is 47.6 Å². The standard InChI is InChI=1S/C24H25NO3S2/c1-27-21-13-17(14-22-23(26)25-24(29)30-22)9-12-20(21)28-15-16-7-10-19(11-8-16)18-5-3-2-4-6-18/h7-14,18H,2-6,15H2,1H3,(H,25,26,29). The lowest BCUT2D eigenvalue weighted by molar-refractivity contribution is -0.115. The lowest BCUT2D eigenvalue weighted by Crippen LogP contribution is -2.17. The molecule has 2 fully saturated rings. The van der Waals surface area contributed by atoms with Gasteiger partial charge in [-0.25, -0.2) is 0 Å². The van der Waals surface area contributed by atoms with Gasteiger partial charge in [0.05, 0.1) is 12.0 Å². The van der Waals surface area contributed by atoms with Gasteiger partial charge in [0.1, 0.15) is 10.9 Å². The van der Waals surface area contributed by atoms with Gasteiger partial charge in [0, 0.05) is 0 Å². The first-order valence-corrected chi connectivity index (χ1v) is 11.5. The van der Waals surface area contributed by atoms with E-state index in [2.05, 4.69) is 29.6 Å². The van der Waals surface area contributed by atoms with E-state index < -0.39 is 0 Å². The smallest absolute Gasteiger partial charge is 0.263 e. The minimum Gasteiger partial charge on any atom is -0.493 e. The first kappa shape index (κ1) is 20.9. The Morgan fingerprint density at radius 1 is 1.10 bits per heavy atom. The van der Waals surface area contributed by atoms with Crippen LogP contribution in [0.2, 0.25) is 0 Å². The molecule has 2 aliphatic rings. The average molecular weight is 440 g/mol. The van der Waals surface area contributed by atoms with Crippen LogP contribution < -0.4 is 14.8 Å². The number of ether oxygens (including phenoxy) is 2. The van der Waals surface area contributed by atoms with Crippen molar-refractivity contribution < 1.29 is 14.3 Å². The van der Waals surface area contributed by atoms with Gasteiger partial charge >= 0.3 is 0 Å². The number of hydrogen-bond acceptors (Lipinski definition) is 5. The third-order valence-corrected chi connectivity index (χ3v) is 6.74. The van der Waals surface area contributed by atoms with Crippen LogP contribution in [0.3, 0.4) is 0 Å². The van der Waals surface area contributed by atoms with E-state index in [0.29, 0.717) is 33.2 Å². The summed E-state index contributed by atoms with van der Waals surface area (Å²) in [5.74, 6) is 1.86. The monoisotopic (exact) mass is 439 g/mol. The SMILES string of the molecule is COc1cc(C=C2SC(=S)NC2=O)ccc1OCc1ccc(C2CCCCC2)cc1. The van der Waals surface area contributed by atoms with E-state index in [4.69, 9.17) is 21.7 Å². The summed E-state index contributed by atoms with van der Waals surface area (Å²) in [6, 6.07) is 14.5. The van der Waals surface area contributed by atoms with Crippen LogP contribution in [0, 0.1) is 0 Å². The van der Waals surface area contributed by atoms with Gasteiger partial charge in [-0.1, -0.05) is 73.6 Å². The van der Waals surface area contributed by atoms with E-state index in [9.17, 15) is 4.79 Å². The van der Waals surface area contributed by atoms with Crippen molar-refractivity contribution in [2.24, 2.45) is 0 Å². The van der Waals surface area contributed by atoms with Gasteiger partial charge in [-0.05, 0) is 53.7 Å². The Morgan fingerprint density at radius 3 is 2.53 bits per heavy atom. The van der Waals surface area contributed by atoms with Crippen LogP contribution in [-0.2, 0) is 11.4 Å². The minimum atomic E-state index is -0.166. The molecule has 1 saturated heterocycles. The van der Waals surface area contributed by atoms with Gasteiger partial charge in [-0.3, -0.25) is 4.79 Å². The third kappa shape index (κ3) is 5.05. The Balaban J connectivity index is 1.41. The molecule has 1 saturated carbocycles. The zero-order chi connectivity index (χ0) is 20.9. The Morgan fingerprint density at radius 2 is 1.87 bits per heavy atom. The van der Waals surface area contributed by atoms with Crippen molar-refractivity contribution in [1.29, 1.82) is 0 Å². The molecule has 6 heteroatoms. The highest BCUT2D eigenvalue weighted by Crippen LogP contribution is 2.34. The molecule has 30 heavy (non-hydrogen) atoms.